The molecule has 0 saturated heterocycles. The van der Waals surface area contributed by atoms with Crippen LogP contribution >= 0.6 is 15.9 Å². The quantitative estimate of drug-likeness (QED) is 0.217. The number of amides is 1. The van der Waals surface area contributed by atoms with E-state index in [-0.39, 0.29) is 5.91 Å². The summed E-state index contributed by atoms with van der Waals surface area (Å²) in [6.45, 7) is 4.50. The highest BCUT2D eigenvalue weighted by atomic mass is 79.9. The molecule has 0 aliphatic carbocycles. The first-order valence-electron chi connectivity index (χ1n) is 11.1. The molecule has 0 fully saturated rings. The lowest BCUT2D eigenvalue weighted by atomic mass is 10.2. The summed E-state index contributed by atoms with van der Waals surface area (Å²) >= 11 is 3.55. The highest BCUT2D eigenvalue weighted by Crippen LogP contribution is 2.33. The molecule has 4 rings (SSSR count). The van der Waals surface area contributed by atoms with E-state index in [1.807, 2.05) is 68.4 Å². The van der Waals surface area contributed by atoms with E-state index in [1.54, 1.807) is 25.5 Å². The van der Waals surface area contributed by atoms with Crippen LogP contribution in [-0.2, 0) is 6.61 Å². The van der Waals surface area contributed by atoms with Gasteiger partial charge < -0.3 is 14.0 Å². The lowest BCUT2D eigenvalue weighted by Gasteiger charge is -2.13. The van der Waals surface area contributed by atoms with E-state index < -0.39 is 0 Å². The van der Waals surface area contributed by atoms with Gasteiger partial charge in [-0.15, -0.1) is 0 Å². The number of nitrogens with zero attached hydrogens (tertiary/aromatic N) is 2. The van der Waals surface area contributed by atoms with E-state index in [4.69, 9.17) is 9.47 Å². The van der Waals surface area contributed by atoms with Gasteiger partial charge in [-0.3, -0.25) is 4.79 Å². The fourth-order valence-electron chi connectivity index (χ4n) is 3.74. The lowest BCUT2D eigenvalue weighted by molar-refractivity contribution is 0.0955. The molecular weight excluding hydrogens is 506 g/mol. The molecule has 1 aromatic heterocycles. The molecule has 1 N–H and O–H groups in total. The van der Waals surface area contributed by atoms with Gasteiger partial charge in [-0.25, -0.2) is 5.43 Å². The summed E-state index contributed by atoms with van der Waals surface area (Å²) in [4.78, 5) is 12.7. The average Bonchev–Trinajstić information content (AvgIpc) is 3.22. The predicted octanol–water partition coefficient (Wildman–Crippen LogP) is 6.21. The monoisotopic (exact) mass is 531 g/mol. The van der Waals surface area contributed by atoms with Gasteiger partial charge in [0, 0.05) is 32.7 Å². The van der Waals surface area contributed by atoms with E-state index in [0.29, 0.717) is 23.7 Å². The molecule has 3 aromatic carbocycles. The van der Waals surface area contributed by atoms with Crippen LogP contribution in [0, 0.1) is 13.8 Å². The van der Waals surface area contributed by atoms with Gasteiger partial charge in [0.2, 0.25) is 0 Å². The number of hydrazone groups is 1. The Hall–Kier alpha value is -3.84. The van der Waals surface area contributed by atoms with Crippen molar-refractivity contribution in [3.63, 3.8) is 0 Å². The Labute approximate surface area is 213 Å². The molecule has 0 bridgehead atoms. The van der Waals surface area contributed by atoms with Gasteiger partial charge in [0.25, 0.3) is 5.91 Å². The molecule has 4 aromatic rings. The maximum absolute atomic E-state index is 12.7. The molecule has 6 nitrogen and oxygen atoms in total. The first kappa shape index (κ1) is 24.3. The van der Waals surface area contributed by atoms with Crippen LogP contribution in [0.2, 0.25) is 0 Å². The maximum atomic E-state index is 12.7. The topological polar surface area (TPSA) is 64.8 Å². The van der Waals surface area contributed by atoms with Crippen molar-refractivity contribution in [2.75, 3.05) is 7.11 Å². The fourth-order valence-corrected chi connectivity index (χ4v) is 4.17. The molecule has 0 unspecified atom stereocenters. The standard InChI is InChI=1S/C28H26BrN3O3/c1-19-12-13-20(2)32(19)24-11-7-10-22(14-24)28(33)31-30-17-23-15-26(34-3)27(16-25(23)29)35-18-21-8-5-4-6-9-21/h4-17H,18H2,1-3H3,(H,31,33)/b30-17+. The van der Waals surface area contributed by atoms with Crippen molar-refractivity contribution < 1.29 is 14.3 Å². The Morgan fingerprint density at radius 2 is 1.71 bits per heavy atom. The number of carbonyl (C=O) groups excluding carboxylic acids is 1. The van der Waals surface area contributed by atoms with E-state index in [1.165, 1.54) is 0 Å². The number of aryl methyl sites for hydroxylation is 2. The molecule has 178 valence electrons. The summed E-state index contributed by atoms with van der Waals surface area (Å²) < 4.78 is 14.3. The highest BCUT2D eigenvalue weighted by molar-refractivity contribution is 9.10. The van der Waals surface area contributed by atoms with Crippen LogP contribution in [0.25, 0.3) is 5.69 Å². The average molecular weight is 532 g/mol. The number of ether oxygens (including phenoxy) is 2. The van der Waals surface area contributed by atoms with E-state index in [9.17, 15) is 4.79 Å². The third kappa shape index (κ3) is 5.81. The molecule has 0 radical (unpaired) electrons. The van der Waals surface area contributed by atoms with Crippen LogP contribution < -0.4 is 14.9 Å². The number of halogens is 1. The maximum Gasteiger partial charge on any atom is 0.271 e. The zero-order valence-electron chi connectivity index (χ0n) is 19.8. The van der Waals surface area contributed by atoms with Crippen molar-refractivity contribution in [3.8, 4) is 17.2 Å². The Balaban J connectivity index is 1.45. The molecule has 1 heterocycles. The number of hydrogen-bond acceptors (Lipinski definition) is 4. The Bertz CT molecular complexity index is 1340. The van der Waals surface area contributed by atoms with Crippen LogP contribution in [0.1, 0.15) is 32.9 Å². The minimum absolute atomic E-state index is 0.295. The summed E-state index contributed by atoms with van der Waals surface area (Å²) in [7, 11) is 1.59. The molecule has 0 aliphatic rings. The Morgan fingerprint density at radius 3 is 2.43 bits per heavy atom. The minimum Gasteiger partial charge on any atom is -0.493 e. The largest absolute Gasteiger partial charge is 0.493 e. The second kappa shape index (κ2) is 11.1. The second-order valence-electron chi connectivity index (χ2n) is 8.00. The second-order valence-corrected chi connectivity index (χ2v) is 8.85. The molecule has 0 atom stereocenters. The summed E-state index contributed by atoms with van der Waals surface area (Å²) in [5.74, 6) is 0.885. The van der Waals surface area contributed by atoms with Crippen molar-refractivity contribution in [1.82, 2.24) is 9.99 Å². The van der Waals surface area contributed by atoms with Gasteiger partial charge >= 0.3 is 0 Å². The summed E-state index contributed by atoms with van der Waals surface area (Å²) in [6.07, 6.45) is 1.57. The molecule has 7 heteroatoms. The number of rotatable bonds is 8. The van der Waals surface area contributed by atoms with Crippen LogP contribution in [0.4, 0.5) is 0 Å². The fraction of sp³-hybridized carbons (Fsp3) is 0.143. The predicted molar refractivity (Wildman–Crippen MR) is 142 cm³/mol. The van der Waals surface area contributed by atoms with E-state index in [2.05, 4.69) is 43.2 Å². The first-order valence-corrected chi connectivity index (χ1v) is 11.9. The SMILES string of the molecule is COc1cc(/C=N/NC(=O)c2cccc(-n3c(C)ccc3C)c2)c(Br)cc1OCc1ccccc1. The molecule has 1 amide bonds. The Kier molecular flexibility index (Phi) is 7.67. The number of hydrogen-bond donors (Lipinski definition) is 1. The summed E-state index contributed by atoms with van der Waals surface area (Å²) in [5, 5.41) is 4.15. The molecule has 0 saturated carbocycles. The minimum atomic E-state index is -0.295. The van der Waals surface area contributed by atoms with Gasteiger partial charge in [-0.05, 0) is 77.8 Å². The lowest BCUT2D eigenvalue weighted by Crippen LogP contribution is -2.18. The van der Waals surface area contributed by atoms with Gasteiger partial charge in [-0.1, -0.05) is 36.4 Å². The normalized spacial score (nSPS) is 11.0. The third-order valence-corrected chi connectivity index (χ3v) is 6.21. The van der Waals surface area contributed by atoms with Crippen LogP contribution in [-0.4, -0.2) is 23.8 Å². The zero-order valence-corrected chi connectivity index (χ0v) is 21.4. The number of carbonyl (C=O) groups is 1. The third-order valence-electron chi connectivity index (χ3n) is 5.53. The van der Waals surface area contributed by atoms with Crippen molar-refractivity contribution in [2.24, 2.45) is 5.10 Å². The summed E-state index contributed by atoms with van der Waals surface area (Å²) in [5.41, 5.74) is 8.06. The van der Waals surface area contributed by atoms with Gasteiger partial charge in [0.15, 0.2) is 11.5 Å². The van der Waals surface area contributed by atoms with E-state index >= 15 is 0 Å². The van der Waals surface area contributed by atoms with Gasteiger partial charge in [0.1, 0.15) is 6.61 Å². The van der Waals surface area contributed by atoms with Crippen LogP contribution in [0.5, 0.6) is 11.5 Å². The van der Waals surface area contributed by atoms with Crippen LogP contribution in [0.3, 0.4) is 0 Å². The van der Waals surface area contributed by atoms with Gasteiger partial charge in [-0.2, -0.15) is 5.10 Å². The van der Waals surface area contributed by atoms with Crippen molar-refractivity contribution in [3.05, 3.63) is 111 Å². The molecule has 35 heavy (non-hydrogen) atoms. The smallest absolute Gasteiger partial charge is 0.271 e. The molecule has 0 spiro atoms. The Morgan fingerprint density at radius 1 is 0.971 bits per heavy atom. The van der Waals surface area contributed by atoms with E-state index in [0.717, 1.165) is 32.7 Å². The van der Waals surface area contributed by atoms with Crippen molar-refractivity contribution >= 4 is 28.1 Å². The van der Waals surface area contributed by atoms with Crippen molar-refractivity contribution in [2.45, 2.75) is 20.5 Å². The first-order chi connectivity index (χ1) is 17.0. The number of aromatic nitrogens is 1. The highest BCUT2D eigenvalue weighted by Gasteiger charge is 2.11. The number of methoxy groups -OCH3 is 1. The zero-order chi connectivity index (χ0) is 24.8. The summed E-state index contributed by atoms with van der Waals surface area (Å²) in [6, 6.07) is 25.1. The molecular formula is C28H26BrN3O3. The number of benzene rings is 3. The number of nitrogens with one attached hydrogen (secondary N) is 1. The molecule has 0 aliphatic heterocycles. The van der Waals surface area contributed by atoms with Crippen molar-refractivity contribution in [1.29, 1.82) is 0 Å². The van der Waals surface area contributed by atoms with Gasteiger partial charge in [0.05, 0.1) is 13.3 Å². The van der Waals surface area contributed by atoms with Crippen LogP contribution in [0.15, 0.2) is 88.4 Å².